The van der Waals surface area contributed by atoms with E-state index in [1.54, 1.807) is 26.0 Å². The molecule has 7 nitrogen and oxygen atoms in total. The number of hydrogen-bond donors (Lipinski definition) is 1. The fraction of sp³-hybridized carbons (Fsp3) is 0.455. The molecule has 2 aliphatic rings. The van der Waals surface area contributed by atoms with Crippen LogP contribution in [0, 0.1) is 5.92 Å². The SMILES string of the molecule is C=C(C)[C@H]1Cc2oc(cc2C(=O)OC)[C@H](C(=C)C)[C@H]2C=C(C(=O)O2)[C@H](OC)[C@@H]1O. The molecule has 156 valence electrons. The summed E-state index contributed by atoms with van der Waals surface area (Å²) in [7, 11) is 2.71. The van der Waals surface area contributed by atoms with Gasteiger partial charge in [0, 0.05) is 19.4 Å². The second-order valence-electron chi connectivity index (χ2n) is 7.60. The van der Waals surface area contributed by atoms with E-state index in [0.29, 0.717) is 22.7 Å². The Morgan fingerprint density at radius 3 is 2.48 bits per heavy atom. The Morgan fingerprint density at radius 1 is 1.24 bits per heavy atom. The number of methoxy groups -OCH3 is 2. The van der Waals surface area contributed by atoms with Gasteiger partial charge in [0.15, 0.2) is 0 Å². The van der Waals surface area contributed by atoms with Gasteiger partial charge in [-0.15, -0.1) is 0 Å². The van der Waals surface area contributed by atoms with Crippen LogP contribution >= 0.6 is 0 Å². The van der Waals surface area contributed by atoms with Crippen molar-refractivity contribution >= 4 is 11.9 Å². The van der Waals surface area contributed by atoms with Crippen LogP contribution in [-0.2, 0) is 25.4 Å². The molecule has 0 saturated carbocycles. The minimum atomic E-state index is -1.10. The van der Waals surface area contributed by atoms with Crippen molar-refractivity contribution < 1.29 is 33.3 Å². The number of aliphatic hydroxyl groups is 1. The summed E-state index contributed by atoms with van der Waals surface area (Å²) >= 11 is 0. The predicted molar refractivity (Wildman–Crippen MR) is 104 cm³/mol. The number of aliphatic hydroxyl groups excluding tert-OH is 1. The molecule has 0 unspecified atom stereocenters. The Bertz CT molecular complexity index is 891. The first-order chi connectivity index (χ1) is 13.7. The molecule has 0 spiro atoms. The summed E-state index contributed by atoms with van der Waals surface area (Å²) in [5, 5.41) is 11.1. The van der Waals surface area contributed by atoms with Gasteiger partial charge in [-0.25, -0.2) is 9.59 Å². The summed E-state index contributed by atoms with van der Waals surface area (Å²) in [5.41, 5.74) is 1.87. The molecule has 0 aromatic carbocycles. The Morgan fingerprint density at radius 2 is 1.93 bits per heavy atom. The van der Waals surface area contributed by atoms with Crippen LogP contribution in [-0.4, -0.2) is 49.6 Å². The van der Waals surface area contributed by atoms with Crippen LogP contribution < -0.4 is 0 Å². The first-order valence-electron chi connectivity index (χ1n) is 9.34. The number of furan rings is 1. The van der Waals surface area contributed by atoms with E-state index in [1.165, 1.54) is 14.2 Å². The zero-order valence-electron chi connectivity index (χ0n) is 17.1. The van der Waals surface area contributed by atoms with Gasteiger partial charge in [-0.2, -0.15) is 0 Å². The lowest BCUT2D eigenvalue weighted by atomic mass is 9.84. The minimum Gasteiger partial charge on any atom is -0.465 e. The number of carbonyl (C=O) groups is 2. The Kier molecular flexibility index (Phi) is 5.82. The molecule has 29 heavy (non-hydrogen) atoms. The van der Waals surface area contributed by atoms with Crippen molar-refractivity contribution in [3.05, 3.63) is 59.1 Å². The lowest BCUT2D eigenvalue weighted by Crippen LogP contribution is -2.39. The maximum absolute atomic E-state index is 12.6. The van der Waals surface area contributed by atoms with Crippen LogP contribution in [0.3, 0.4) is 0 Å². The van der Waals surface area contributed by atoms with E-state index in [9.17, 15) is 14.7 Å². The fourth-order valence-electron chi connectivity index (χ4n) is 4.02. The molecule has 0 saturated heterocycles. The normalized spacial score (nSPS) is 28.8. The molecule has 2 aliphatic heterocycles. The van der Waals surface area contributed by atoms with Crippen molar-refractivity contribution in [2.75, 3.05) is 14.2 Å². The fourth-order valence-corrected chi connectivity index (χ4v) is 4.02. The molecule has 4 bridgehead atoms. The number of fused-ring (bicyclic) bond motifs is 3. The average Bonchev–Trinajstić information content (AvgIpc) is 3.22. The van der Waals surface area contributed by atoms with Gasteiger partial charge < -0.3 is 23.7 Å². The van der Waals surface area contributed by atoms with E-state index in [0.717, 1.165) is 0 Å². The van der Waals surface area contributed by atoms with E-state index < -0.39 is 42.1 Å². The zero-order chi connectivity index (χ0) is 21.5. The highest BCUT2D eigenvalue weighted by Crippen LogP contribution is 2.40. The predicted octanol–water partition coefficient (Wildman–Crippen LogP) is 2.70. The van der Waals surface area contributed by atoms with Gasteiger partial charge in [0.2, 0.25) is 0 Å². The average molecular weight is 402 g/mol. The summed E-state index contributed by atoms with van der Waals surface area (Å²) < 4.78 is 22.0. The van der Waals surface area contributed by atoms with Gasteiger partial charge in [-0.1, -0.05) is 24.3 Å². The zero-order valence-corrected chi connectivity index (χ0v) is 17.1. The van der Waals surface area contributed by atoms with Gasteiger partial charge in [0.05, 0.1) is 24.7 Å². The standard InChI is InChI=1S/C22H26O7/c1-10(2)12-7-15-13(21(24)27-6)8-16(28-15)18(11(3)4)17-9-14(22(25)29-17)20(26-5)19(12)23/h8-9,12,17-20,23H,1,3,7H2,2,4-6H3/t12-,17-,18+,19-,20+/m1/s1. The summed E-state index contributed by atoms with van der Waals surface area (Å²) in [6, 6.07) is 1.59. The monoisotopic (exact) mass is 402 g/mol. The highest BCUT2D eigenvalue weighted by atomic mass is 16.6. The molecule has 0 radical (unpaired) electrons. The van der Waals surface area contributed by atoms with Crippen molar-refractivity contribution in [2.45, 2.75) is 44.5 Å². The molecule has 3 heterocycles. The highest BCUT2D eigenvalue weighted by Gasteiger charge is 2.43. The van der Waals surface area contributed by atoms with E-state index in [1.807, 2.05) is 0 Å². The van der Waals surface area contributed by atoms with Gasteiger partial charge >= 0.3 is 11.9 Å². The highest BCUT2D eigenvalue weighted by molar-refractivity contribution is 5.93. The van der Waals surface area contributed by atoms with Crippen LogP contribution in [0.2, 0.25) is 0 Å². The lowest BCUT2D eigenvalue weighted by molar-refractivity contribution is -0.142. The molecule has 1 N–H and O–H groups in total. The van der Waals surface area contributed by atoms with Crippen molar-refractivity contribution in [1.29, 1.82) is 0 Å². The van der Waals surface area contributed by atoms with Crippen LogP contribution in [0.15, 0.2) is 46.4 Å². The third kappa shape index (κ3) is 3.68. The third-order valence-electron chi connectivity index (χ3n) is 5.54. The van der Waals surface area contributed by atoms with Gasteiger partial charge in [-0.3, -0.25) is 0 Å². The van der Waals surface area contributed by atoms with Crippen LogP contribution in [0.5, 0.6) is 0 Å². The number of carbonyl (C=O) groups excluding carboxylic acids is 2. The van der Waals surface area contributed by atoms with Crippen molar-refractivity contribution in [1.82, 2.24) is 0 Å². The number of hydrogen-bond acceptors (Lipinski definition) is 7. The number of ether oxygens (including phenoxy) is 3. The molecule has 0 aliphatic carbocycles. The largest absolute Gasteiger partial charge is 0.465 e. The number of rotatable bonds is 4. The quantitative estimate of drug-likeness (QED) is 0.611. The molecule has 7 heteroatoms. The Hall–Kier alpha value is -2.64. The molecule has 3 rings (SSSR count). The van der Waals surface area contributed by atoms with Crippen molar-refractivity contribution in [2.24, 2.45) is 5.92 Å². The molecular weight excluding hydrogens is 376 g/mol. The Labute approximate surface area is 169 Å². The van der Waals surface area contributed by atoms with E-state index >= 15 is 0 Å². The molecule has 0 fully saturated rings. The molecule has 1 aromatic heterocycles. The summed E-state index contributed by atoms with van der Waals surface area (Å²) in [6.07, 6.45) is -0.870. The number of esters is 2. The maximum Gasteiger partial charge on any atom is 0.341 e. The molecule has 0 amide bonds. The molecule has 1 aromatic rings. The topological polar surface area (TPSA) is 95.2 Å². The Balaban J connectivity index is 2.24. The third-order valence-corrected chi connectivity index (χ3v) is 5.54. The van der Waals surface area contributed by atoms with Gasteiger partial charge in [-0.05, 0) is 26.0 Å². The smallest absolute Gasteiger partial charge is 0.341 e. The molecular formula is C22H26O7. The summed E-state index contributed by atoms with van der Waals surface area (Å²) in [6.45, 7) is 11.5. The van der Waals surface area contributed by atoms with Gasteiger partial charge in [0.25, 0.3) is 0 Å². The van der Waals surface area contributed by atoms with Crippen LogP contribution in [0.1, 0.15) is 41.6 Å². The van der Waals surface area contributed by atoms with Crippen molar-refractivity contribution in [3.63, 3.8) is 0 Å². The van der Waals surface area contributed by atoms with Gasteiger partial charge in [0.1, 0.15) is 29.3 Å². The van der Waals surface area contributed by atoms with E-state index in [2.05, 4.69) is 13.2 Å². The first kappa shape index (κ1) is 21.1. The summed E-state index contributed by atoms with van der Waals surface area (Å²) in [4.78, 5) is 24.9. The first-order valence-corrected chi connectivity index (χ1v) is 9.34. The van der Waals surface area contributed by atoms with E-state index in [-0.39, 0.29) is 17.6 Å². The van der Waals surface area contributed by atoms with Crippen LogP contribution in [0.4, 0.5) is 0 Å². The summed E-state index contributed by atoms with van der Waals surface area (Å²) in [5.74, 6) is -1.33. The minimum absolute atomic E-state index is 0.191. The maximum atomic E-state index is 12.6. The van der Waals surface area contributed by atoms with Crippen molar-refractivity contribution in [3.8, 4) is 0 Å². The van der Waals surface area contributed by atoms with Crippen LogP contribution in [0.25, 0.3) is 0 Å². The second kappa shape index (κ2) is 8.00. The lowest BCUT2D eigenvalue weighted by Gasteiger charge is -2.29. The molecule has 5 atom stereocenters. The van der Waals surface area contributed by atoms with E-state index in [4.69, 9.17) is 18.6 Å². The second-order valence-corrected chi connectivity index (χ2v) is 7.60.